The van der Waals surface area contributed by atoms with E-state index in [0.29, 0.717) is 18.7 Å². The lowest BCUT2D eigenvalue weighted by molar-refractivity contribution is -0.117. The number of hydrogen-bond acceptors (Lipinski definition) is 3. The molecule has 0 spiro atoms. The Balaban J connectivity index is 0.00000162. The van der Waals surface area contributed by atoms with Crippen molar-refractivity contribution in [3.05, 3.63) is 23.3 Å². The molecule has 0 saturated heterocycles. The van der Waals surface area contributed by atoms with Crippen LogP contribution in [-0.2, 0) is 11.2 Å². The molecule has 0 fully saturated rings. The molecule has 1 heterocycles. The van der Waals surface area contributed by atoms with Crippen LogP contribution in [0.25, 0.3) is 0 Å². The van der Waals surface area contributed by atoms with Gasteiger partial charge in [-0.1, -0.05) is 19.4 Å². The van der Waals surface area contributed by atoms with Crippen molar-refractivity contribution in [1.82, 2.24) is 0 Å². The Kier molecular flexibility index (Phi) is 5.16. The predicted octanol–water partition coefficient (Wildman–Crippen LogP) is 2.31. The Hall–Kier alpha value is -1.07. The van der Waals surface area contributed by atoms with Crippen LogP contribution < -0.4 is 11.1 Å². The fourth-order valence-electron chi connectivity index (χ4n) is 2.45. The number of amides is 1. The van der Waals surface area contributed by atoms with Gasteiger partial charge >= 0.3 is 0 Å². The van der Waals surface area contributed by atoms with Crippen molar-refractivity contribution >= 4 is 28.6 Å². The van der Waals surface area contributed by atoms with Gasteiger partial charge in [-0.3, -0.25) is 4.79 Å². The number of phenolic OH excluding ortho intramolecular Hbond substituents is 1. The molecule has 18 heavy (non-hydrogen) atoms. The topological polar surface area (TPSA) is 75.3 Å². The quantitative estimate of drug-likeness (QED) is 0.746. The lowest BCUT2D eigenvalue weighted by Crippen LogP contribution is -2.16. The highest BCUT2D eigenvalue weighted by molar-refractivity contribution is 8.93. The van der Waals surface area contributed by atoms with Crippen molar-refractivity contribution < 1.29 is 9.90 Å². The van der Waals surface area contributed by atoms with E-state index < -0.39 is 0 Å². The van der Waals surface area contributed by atoms with E-state index in [1.54, 1.807) is 6.07 Å². The predicted molar refractivity (Wildman–Crippen MR) is 77.5 cm³/mol. The average Bonchev–Trinajstić information content (AvgIpc) is 2.63. The molecule has 1 aliphatic rings. The lowest BCUT2D eigenvalue weighted by Gasteiger charge is -2.12. The Morgan fingerprint density at radius 1 is 1.44 bits per heavy atom. The summed E-state index contributed by atoms with van der Waals surface area (Å²) in [6.45, 7) is 2.57. The maximum atomic E-state index is 11.9. The van der Waals surface area contributed by atoms with Gasteiger partial charge in [0.15, 0.2) is 0 Å². The van der Waals surface area contributed by atoms with Crippen molar-refractivity contribution in [2.24, 2.45) is 5.73 Å². The summed E-state index contributed by atoms with van der Waals surface area (Å²) in [5, 5.41) is 12.5. The smallest absolute Gasteiger partial charge is 0.232 e. The number of hydrogen-bond donors (Lipinski definition) is 3. The Morgan fingerprint density at radius 3 is 2.78 bits per heavy atom. The summed E-state index contributed by atoms with van der Waals surface area (Å²) >= 11 is 0. The molecule has 1 unspecified atom stereocenters. The number of phenols is 1. The van der Waals surface area contributed by atoms with Crippen LogP contribution in [0.2, 0.25) is 0 Å². The summed E-state index contributed by atoms with van der Waals surface area (Å²) in [5.74, 6) is -0.110. The number of rotatable bonds is 4. The zero-order valence-electron chi connectivity index (χ0n) is 10.4. The van der Waals surface area contributed by atoms with Gasteiger partial charge in [0.25, 0.3) is 0 Å². The van der Waals surface area contributed by atoms with Gasteiger partial charge in [-0.25, -0.2) is 0 Å². The Labute approximate surface area is 117 Å². The van der Waals surface area contributed by atoms with Crippen molar-refractivity contribution in [3.8, 4) is 5.75 Å². The molecule has 1 aliphatic heterocycles. The summed E-state index contributed by atoms with van der Waals surface area (Å²) < 4.78 is 0. The van der Waals surface area contributed by atoms with Crippen LogP contribution in [0.1, 0.15) is 36.8 Å². The maximum absolute atomic E-state index is 11.9. The normalized spacial score (nSPS) is 17.0. The Bertz CT molecular complexity index is 449. The molecule has 1 amide bonds. The summed E-state index contributed by atoms with van der Waals surface area (Å²) in [6, 6.07) is 3.55. The maximum Gasteiger partial charge on any atom is 0.232 e. The molecule has 2 rings (SSSR count). The van der Waals surface area contributed by atoms with E-state index in [4.69, 9.17) is 5.73 Å². The van der Waals surface area contributed by atoms with Gasteiger partial charge in [0.05, 0.1) is 11.6 Å². The van der Waals surface area contributed by atoms with Gasteiger partial charge < -0.3 is 16.2 Å². The minimum Gasteiger partial charge on any atom is -0.506 e. The number of nitrogens with two attached hydrogens (primary N) is 1. The molecule has 5 heteroatoms. The van der Waals surface area contributed by atoms with Crippen LogP contribution in [-0.4, -0.2) is 17.6 Å². The van der Waals surface area contributed by atoms with Crippen LogP contribution >= 0.6 is 17.0 Å². The highest BCUT2D eigenvalue weighted by atomic mass is 79.9. The first-order valence-corrected chi connectivity index (χ1v) is 6.04. The van der Waals surface area contributed by atoms with Gasteiger partial charge in [0.2, 0.25) is 5.91 Å². The van der Waals surface area contributed by atoms with E-state index in [0.717, 1.165) is 24.0 Å². The first-order chi connectivity index (χ1) is 8.19. The zero-order chi connectivity index (χ0) is 12.4. The number of anilines is 1. The monoisotopic (exact) mass is 314 g/mol. The van der Waals surface area contributed by atoms with Gasteiger partial charge in [0.1, 0.15) is 5.75 Å². The van der Waals surface area contributed by atoms with E-state index in [9.17, 15) is 9.90 Å². The molecule has 0 bridgehead atoms. The largest absolute Gasteiger partial charge is 0.506 e. The summed E-state index contributed by atoms with van der Waals surface area (Å²) in [5.41, 5.74) is 8.21. The van der Waals surface area contributed by atoms with Crippen molar-refractivity contribution in [2.45, 2.75) is 32.1 Å². The summed E-state index contributed by atoms with van der Waals surface area (Å²) in [7, 11) is 0. The molecule has 1 atom stereocenters. The van der Waals surface area contributed by atoms with Crippen LogP contribution in [0.15, 0.2) is 12.1 Å². The van der Waals surface area contributed by atoms with E-state index in [1.165, 1.54) is 0 Å². The third-order valence-electron chi connectivity index (χ3n) is 3.20. The fraction of sp³-hybridized carbons (Fsp3) is 0.462. The lowest BCUT2D eigenvalue weighted by atomic mass is 9.90. The molecule has 0 radical (unpaired) electrons. The molecular weight excluding hydrogens is 296 g/mol. The van der Waals surface area contributed by atoms with E-state index in [2.05, 4.69) is 12.2 Å². The third kappa shape index (κ3) is 2.52. The minimum atomic E-state index is -0.205. The summed E-state index contributed by atoms with van der Waals surface area (Å²) in [6.07, 6.45) is 2.55. The standard InChI is InChI=1S/C13H18N2O2.BrH/c1-2-3-8-4-5-10(16)12-11(8)9(6-7-14)13(17)15-12;/h4-5,9,16H,2-3,6-7,14H2,1H3,(H,15,17);1H. The van der Waals surface area contributed by atoms with E-state index in [1.807, 2.05) is 6.07 Å². The molecule has 0 saturated carbocycles. The van der Waals surface area contributed by atoms with Crippen LogP contribution in [0.3, 0.4) is 0 Å². The number of carbonyl (C=O) groups excluding carboxylic acids is 1. The van der Waals surface area contributed by atoms with Crippen LogP contribution in [0, 0.1) is 0 Å². The number of aryl methyl sites for hydroxylation is 1. The number of halogens is 1. The minimum absolute atomic E-state index is 0. The molecule has 1 aromatic carbocycles. The van der Waals surface area contributed by atoms with Crippen LogP contribution in [0.5, 0.6) is 5.75 Å². The van der Waals surface area contributed by atoms with Crippen LogP contribution in [0.4, 0.5) is 5.69 Å². The average molecular weight is 315 g/mol. The van der Waals surface area contributed by atoms with Crippen molar-refractivity contribution in [2.75, 3.05) is 11.9 Å². The number of aromatic hydroxyl groups is 1. The summed E-state index contributed by atoms with van der Waals surface area (Å²) in [4.78, 5) is 11.9. The zero-order valence-corrected chi connectivity index (χ0v) is 12.1. The third-order valence-corrected chi connectivity index (χ3v) is 3.20. The second kappa shape index (κ2) is 6.20. The second-order valence-corrected chi connectivity index (χ2v) is 4.40. The Morgan fingerprint density at radius 2 is 2.17 bits per heavy atom. The molecular formula is C13H19BrN2O2. The first-order valence-electron chi connectivity index (χ1n) is 6.04. The van der Waals surface area contributed by atoms with Gasteiger partial charge in [0, 0.05) is 0 Å². The van der Waals surface area contributed by atoms with Gasteiger partial charge in [-0.2, -0.15) is 0 Å². The second-order valence-electron chi connectivity index (χ2n) is 4.40. The van der Waals surface area contributed by atoms with Gasteiger partial charge in [-0.15, -0.1) is 17.0 Å². The van der Waals surface area contributed by atoms with Crippen molar-refractivity contribution in [3.63, 3.8) is 0 Å². The molecule has 4 N–H and O–H groups in total. The molecule has 100 valence electrons. The SMILES string of the molecule is Br.CCCc1ccc(O)c2c1C(CCN)C(=O)N2. The number of nitrogens with one attached hydrogen (secondary N) is 1. The number of carbonyl (C=O) groups is 1. The van der Waals surface area contributed by atoms with Gasteiger partial charge in [-0.05, 0) is 36.6 Å². The number of benzene rings is 1. The highest BCUT2D eigenvalue weighted by Crippen LogP contribution is 2.42. The molecule has 4 nitrogen and oxygen atoms in total. The van der Waals surface area contributed by atoms with E-state index >= 15 is 0 Å². The highest BCUT2D eigenvalue weighted by Gasteiger charge is 2.33. The number of fused-ring (bicyclic) bond motifs is 1. The molecule has 0 aromatic heterocycles. The van der Waals surface area contributed by atoms with Crippen molar-refractivity contribution in [1.29, 1.82) is 0 Å². The molecule has 1 aromatic rings. The van der Waals surface area contributed by atoms with E-state index in [-0.39, 0.29) is 34.6 Å². The first kappa shape index (κ1) is 15.0. The fourth-order valence-corrected chi connectivity index (χ4v) is 2.45. The molecule has 0 aliphatic carbocycles.